The van der Waals surface area contributed by atoms with Gasteiger partial charge in [0.25, 0.3) is 5.69 Å². The summed E-state index contributed by atoms with van der Waals surface area (Å²) in [6, 6.07) is 4.65. The smallest absolute Gasteiger partial charge is 0.276 e. The van der Waals surface area contributed by atoms with Crippen LogP contribution in [0.5, 0.6) is 11.5 Å². The first-order valence-electron chi connectivity index (χ1n) is 5.93. The van der Waals surface area contributed by atoms with Gasteiger partial charge in [-0.1, -0.05) is 0 Å². The Kier molecular flexibility index (Phi) is 3.66. The molecule has 1 aromatic rings. The van der Waals surface area contributed by atoms with Gasteiger partial charge in [-0.3, -0.25) is 10.1 Å². The summed E-state index contributed by atoms with van der Waals surface area (Å²) in [6.07, 6.45) is 1.62. The number of rotatable bonds is 5. The second-order valence-electron chi connectivity index (χ2n) is 4.32. The van der Waals surface area contributed by atoms with Crippen LogP contribution in [0.1, 0.15) is 19.8 Å². The van der Waals surface area contributed by atoms with Crippen molar-refractivity contribution < 1.29 is 14.4 Å². The van der Waals surface area contributed by atoms with E-state index in [4.69, 9.17) is 15.2 Å². The predicted octanol–water partition coefficient (Wildman–Crippen LogP) is 1.86. The standard InChI is InChI=1S/C12H16N2O4/c1-2-17-10-5-9(14(15)16)6-12(7-10)18-11-3-8(13)4-11/h5-8,11H,2-4,13H2,1H3. The molecule has 6 nitrogen and oxygen atoms in total. The summed E-state index contributed by atoms with van der Waals surface area (Å²) in [6.45, 7) is 2.28. The van der Waals surface area contributed by atoms with Crippen molar-refractivity contribution in [1.82, 2.24) is 0 Å². The highest BCUT2D eigenvalue weighted by Crippen LogP contribution is 2.31. The topological polar surface area (TPSA) is 87.6 Å². The maximum atomic E-state index is 10.8. The molecule has 2 N–H and O–H groups in total. The summed E-state index contributed by atoms with van der Waals surface area (Å²) in [4.78, 5) is 10.3. The SMILES string of the molecule is CCOc1cc(OC2CC(N)C2)cc([N+](=O)[O-])c1. The van der Waals surface area contributed by atoms with Gasteiger partial charge in [0, 0.05) is 12.1 Å². The zero-order valence-corrected chi connectivity index (χ0v) is 10.2. The summed E-state index contributed by atoms with van der Waals surface area (Å²) in [7, 11) is 0. The second kappa shape index (κ2) is 5.22. The molecule has 0 aliphatic heterocycles. The first-order chi connectivity index (χ1) is 8.58. The van der Waals surface area contributed by atoms with Gasteiger partial charge >= 0.3 is 0 Å². The normalized spacial score (nSPS) is 22.1. The summed E-state index contributed by atoms with van der Waals surface area (Å²) >= 11 is 0. The molecule has 0 heterocycles. The van der Waals surface area contributed by atoms with Crippen LogP contribution in [0, 0.1) is 10.1 Å². The Hall–Kier alpha value is -1.82. The Morgan fingerprint density at radius 2 is 2.06 bits per heavy atom. The molecule has 1 saturated carbocycles. The molecule has 0 bridgehead atoms. The summed E-state index contributed by atoms with van der Waals surface area (Å²) in [5, 5.41) is 10.8. The minimum absolute atomic E-state index is 0.0282. The lowest BCUT2D eigenvalue weighted by atomic mass is 9.90. The molecule has 2 rings (SSSR count). The molecular formula is C12H16N2O4. The second-order valence-corrected chi connectivity index (χ2v) is 4.32. The van der Waals surface area contributed by atoms with Gasteiger partial charge in [0.15, 0.2) is 0 Å². The van der Waals surface area contributed by atoms with E-state index in [1.54, 1.807) is 6.07 Å². The van der Waals surface area contributed by atoms with E-state index in [0.29, 0.717) is 18.1 Å². The fourth-order valence-electron chi connectivity index (χ4n) is 1.88. The van der Waals surface area contributed by atoms with E-state index in [9.17, 15) is 10.1 Å². The van der Waals surface area contributed by atoms with E-state index in [1.165, 1.54) is 12.1 Å². The molecule has 0 saturated heterocycles. The molecule has 1 aliphatic carbocycles. The van der Waals surface area contributed by atoms with Crippen LogP contribution in [0.15, 0.2) is 18.2 Å². The molecule has 0 spiro atoms. The number of benzene rings is 1. The number of nitrogens with two attached hydrogens (primary N) is 1. The number of ether oxygens (including phenoxy) is 2. The minimum Gasteiger partial charge on any atom is -0.493 e. The zero-order chi connectivity index (χ0) is 13.1. The third kappa shape index (κ3) is 2.89. The molecule has 98 valence electrons. The average Bonchev–Trinajstić information content (AvgIpc) is 2.27. The number of hydrogen-bond donors (Lipinski definition) is 1. The largest absolute Gasteiger partial charge is 0.493 e. The Balaban J connectivity index is 2.14. The predicted molar refractivity (Wildman–Crippen MR) is 65.9 cm³/mol. The summed E-state index contributed by atoms with van der Waals surface area (Å²) < 4.78 is 10.9. The van der Waals surface area contributed by atoms with Gasteiger partial charge in [-0.15, -0.1) is 0 Å². The third-order valence-electron chi connectivity index (χ3n) is 2.82. The van der Waals surface area contributed by atoms with Crippen molar-refractivity contribution in [3.05, 3.63) is 28.3 Å². The van der Waals surface area contributed by atoms with Gasteiger partial charge in [0.2, 0.25) is 0 Å². The molecule has 1 aliphatic rings. The van der Waals surface area contributed by atoms with Gasteiger partial charge in [0.05, 0.1) is 23.7 Å². The number of non-ortho nitro benzene ring substituents is 1. The Bertz CT molecular complexity index is 444. The molecule has 0 radical (unpaired) electrons. The van der Waals surface area contributed by atoms with E-state index in [2.05, 4.69) is 0 Å². The Morgan fingerprint density at radius 3 is 2.61 bits per heavy atom. The average molecular weight is 252 g/mol. The molecular weight excluding hydrogens is 236 g/mol. The van der Waals surface area contributed by atoms with Crippen molar-refractivity contribution in [3.63, 3.8) is 0 Å². The van der Waals surface area contributed by atoms with Crippen molar-refractivity contribution in [2.45, 2.75) is 31.9 Å². The number of nitro groups is 1. The lowest BCUT2D eigenvalue weighted by Gasteiger charge is -2.32. The minimum atomic E-state index is -0.456. The highest BCUT2D eigenvalue weighted by molar-refractivity contribution is 5.46. The lowest BCUT2D eigenvalue weighted by Crippen LogP contribution is -2.43. The molecule has 6 heteroatoms. The van der Waals surface area contributed by atoms with E-state index in [-0.39, 0.29) is 17.8 Å². The molecule has 0 amide bonds. The van der Waals surface area contributed by atoms with Crippen LogP contribution >= 0.6 is 0 Å². The van der Waals surface area contributed by atoms with Crippen molar-refractivity contribution in [2.24, 2.45) is 5.73 Å². The van der Waals surface area contributed by atoms with Crippen LogP contribution in [-0.2, 0) is 0 Å². The summed E-state index contributed by atoms with van der Waals surface area (Å²) in [5.41, 5.74) is 5.64. The van der Waals surface area contributed by atoms with E-state index < -0.39 is 4.92 Å². The lowest BCUT2D eigenvalue weighted by molar-refractivity contribution is -0.385. The van der Waals surface area contributed by atoms with Gasteiger partial charge < -0.3 is 15.2 Å². The van der Waals surface area contributed by atoms with Gasteiger partial charge in [-0.2, -0.15) is 0 Å². The highest BCUT2D eigenvalue weighted by Gasteiger charge is 2.28. The highest BCUT2D eigenvalue weighted by atomic mass is 16.6. The molecule has 0 atom stereocenters. The zero-order valence-electron chi connectivity index (χ0n) is 10.2. The molecule has 1 fully saturated rings. The number of nitro benzene ring substituents is 1. The maximum Gasteiger partial charge on any atom is 0.276 e. The molecule has 0 aromatic heterocycles. The maximum absolute atomic E-state index is 10.8. The monoisotopic (exact) mass is 252 g/mol. The van der Waals surface area contributed by atoms with Gasteiger partial charge in [-0.05, 0) is 19.8 Å². The fourth-order valence-corrected chi connectivity index (χ4v) is 1.88. The van der Waals surface area contributed by atoms with Crippen molar-refractivity contribution in [1.29, 1.82) is 0 Å². The molecule has 1 aromatic carbocycles. The van der Waals surface area contributed by atoms with Crippen molar-refractivity contribution in [3.8, 4) is 11.5 Å². The third-order valence-corrected chi connectivity index (χ3v) is 2.82. The molecule has 18 heavy (non-hydrogen) atoms. The number of nitrogens with zero attached hydrogens (tertiary/aromatic N) is 1. The first kappa shape index (κ1) is 12.6. The van der Waals surface area contributed by atoms with Crippen LogP contribution in [-0.4, -0.2) is 23.7 Å². The summed E-state index contributed by atoms with van der Waals surface area (Å²) in [5.74, 6) is 0.912. The van der Waals surface area contributed by atoms with Gasteiger partial charge in [-0.25, -0.2) is 0 Å². The van der Waals surface area contributed by atoms with Crippen molar-refractivity contribution in [2.75, 3.05) is 6.61 Å². The van der Waals surface area contributed by atoms with Crippen molar-refractivity contribution >= 4 is 5.69 Å². The Morgan fingerprint density at radius 1 is 1.39 bits per heavy atom. The van der Waals surface area contributed by atoms with Crippen LogP contribution in [0.2, 0.25) is 0 Å². The van der Waals surface area contributed by atoms with Crippen LogP contribution in [0.4, 0.5) is 5.69 Å². The van der Waals surface area contributed by atoms with Crippen LogP contribution in [0.3, 0.4) is 0 Å². The number of hydrogen-bond acceptors (Lipinski definition) is 5. The van der Waals surface area contributed by atoms with Crippen LogP contribution in [0.25, 0.3) is 0 Å². The fraction of sp³-hybridized carbons (Fsp3) is 0.500. The van der Waals surface area contributed by atoms with E-state index >= 15 is 0 Å². The van der Waals surface area contributed by atoms with Gasteiger partial charge in [0.1, 0.15) is 17.6 Å². The van der Waals surface area contributed by atoms with E-state index in [0.717, 1.165) is 12.8 Å². The quantitative estimate of drug-likeness (QED) is 0.638. The first-order valence-corrected chi connectivity index (χ1v) is 5.93. The van der Waals surface area contributed by atoms with E-state index in [1.807, 2.05) is 6.92 Å². The Labute approximate surface area is 105 Å². The molecule has 0 unspecified atom stereocenters. The van der Waals surface area contributed by atoms with Crippen LogP contribution < -0.4 is 15.2 Å².